The summed E-state index contributed by atoms with van der Waals surface area (Å²) in [7, 11) is 0. The Kier molecular flexibility index (Phi) is 9.22. The summed E-state index contributed by atoms with van der Waals surface area (Å²) in [5.74, 6) is -0.0809. The van der Waals surface area contributed by atoms with Crippen molar-refractivity contribution in [2.24, 2.45) is 5.92 Å². The Morgan fingerprint density at radius 2 is 1.58 bits per heavy atom. The molecule has 0 saturated carbocycles. The first-order valence-electron chi connectivity index (χ1n) is 10.2. The van der Waals surface area contributed by atoms with Gasteiger partial charge in [0.2, 0.25) is 0 Å². The van der Waals surface area contributed by atoms with Crippen LogP contribution in [0, 0.1) is 5.92 Å². The van der Waals surface area contributed by atoms with E-state index in [1.807, 2.05) is 35.2 Å². The van der Waals surface area contributed by atoms with E-state index in [1.54, 1.807) is 0 Å². The van der Waals surface area contributed by atoms with Crippen LogP contribution in [0.1, 0.15) is 75.1 Å². The van der Waals surface area contributed by atoms with Crippen molar-refractivity contribution in [1.29, 1.82) is 0 Å². The molecular formula is C22H33NO3. The van der Waals surface area contributed by atoms with Crippen LogP contribution >= 0.6 is 0 Å². The second-order valence-corrected chi connectivity index (χ2v) is 7.22. The van der Waals surface area contributed by atoms with E-state index in [2.05, 4.69) is 6.92 Å². The number of ether oxygens (including phenoxy) is 1. The van der Waals surface area contributed by atoms with E-state index in [0.717, 1.165) is 12.8 Å². The molecule has 1 aliphatic rings. The molecule has 1 heterocycles. The number of likely N-dealkylation sites (tertiary alicyclic amines) is 1. The molecule has 4 heteroatoms. The van der Waals surface area contributed by atoms with Gasteiger partial charge in [-0.15, -0.1) is 0 Å². The minimum Gasteiger partial charge on any atom is -0.465 e. The Hall–Kier alpha value is -1.84. The number of esters is 1. The largest absolute Gasteiger partial charge is 0.465 e. The van der Waals surface area contributed by atoms with Gasteiger partial charge in [-0.3, -0.25) is 9.59 Å². The predicted molar refractivity (Wildman–Crippen MR) is 104 cm³/mol. The second kappa shape index (κ2) is 11.7. The lowest BCUT2D eigenvalue weighted by Gasteiger charge is -2.31. The van der Waals surface area contributed by atoms with Gasteiger partial charge < -0.3 is 9.64 Å². The fraction of sp³-hybridized carbons (Fsp3) is 0.636. The standard InChI is InChI=1S/C22H33NO3/c1-2-3-4-5-6-7-11-18-26-22(25)20-14-16-23(17-15-20)21(24)19-12-9-8-10-13-19/h8-10,12-13,20H,2-7,11,14-18H2,1H3. The maximum atomic E-state index is 12.4. The molecular weight excluding hydrogens is 326 g/mol. The molecule has 2 rings (SSSR count). The molecule has 1 aliphatic heterocycles. The highest BCUT2D eigenvalue weighted by atomic mass is 16.5. The summed E-state index contributed by atoms with van der Waals surface area (Å²) < 4.78 is 5.45. The van der Waals surface area contributed by atoms with Gasteiger partial charge in [0.05, 0.1) is 12.5 Å². The summed E-state index contributed by atoms with van der Waals surface area (Å²) in [4.78, 5) is 26.5. The van der Waals surface area contributed by atoms with Crippen molar-refractivity contribution in [1.82, 2.24) is 4.90 Å². The van der Waals surface area contributed by atoms with Crippen molar-refractivity contribution < 1.29 is 14.3 Å². The van der Waals surface area contributed by atoms with Crippen LogP contribution in [0.3, 0.4) is 0 Å². The number of amides is 1. The van der Waals surface area contributed by atoms with Crippen LogP contribution in [0.25, 0.3) is 0 Å². The first-order chi connectivity index (χ1) is 12.7. The summed E-state index contributed by atoms with van der Waals surface area (Å²) in [6.45, 7) is 4.02. The number of hydrogen-bond donors (Lipinski definition) is 0. The van der Waals surface area contributed by atoms with Crippen molar-refractivity contribution in [2.45, 2.75) is 64.7 Å². The minimum atomic E-state index is -0.0807. The zero-order valence-corrected chi connectivity index (χ0v) is 16.1. The van der Waals surface area contributed by atoms with Crippen LogP contribution in [0.15, 0.2) is 30.3 Å². The normalized spacial score (nSPS) is 15.0. The Morgan fingerprint density at radius 3 is 2.23 bits per heavy atom. The molecule has 144 valence electrons. The van der Waals surface area contributed by atoms with Crippen LogP contribution in [0.5, 0.6) is 0 Å². The van der Waals surface area contributed by atoms with Gasteiger partial charge in [-0.05, 0) is 31.4 Å². The number of piperidine rings is 1. The number of carbonyl (C=O) groups is 2. The second-order valence-electron chi connectivity index (χ2n) is 7.22. The number of benzene rings is 1. The zero-order chi connectivity index (χ0) is 18.6. The van der Waals surface area contributed by atoms with Crippen LogP contribution in [-0.4, -0.2) is 36.5 Å². The molecule has 0 unspecified atom stereocenters. The number of hydrogen-bond acceptors (Lipinski definition) is 3. The molecule has 4 nitrogen and oxygen atoms in total. The first-order valence-corrected chi connectivity index (χ1v) is 10.2. The number of unbranched alkanes of at least 4 members (excludes halogenated alkanes) is 6. The average molecular weight is 360 g/mol. The molecule has 1 aromatic carbocycles. The van der Waals surface area contributed by atoms with Crippen molar-refractivity contribution in [3.05, 3.63) is 35.9 Å². The highest BCUT2D eigenvalue weighted by Crippen LogP contribution is 2.20. The maximum absolute atomic E-state index is 12.4. The van der Waals surface area contributed by atoms with Crippen LogP contribution in [-0.2, 0) is 9.53 Å². The van der Waals surface area contributed by atoms with Crippen LogP contribution < -0.4 is 0 Å². The molecule has 1 saturated heterocycles. The first kappa shape index (κ1) is 20.5. The van der Waals surface area contributed by atoms with Gasteiger partial charge in [-0.2, -0.15) is 0 Å². The summed E-state index contributed by atoms with van der Waals surface area (Å²) in [6.07, 6.45) is 9.94. The fourth-order valence-corrected chi connectivity index (χ4v) is 3.43. The lowest BCUT2D eigenvalue weighted by atomic mass is 9.96. The minimum absolute atomic E-state index is 0.0560. The molecule has 0 spiro atoms. The lowest BCUT2D eigenvalue weighted by molar-refractivity contribution is -0.150. The number of carbonyl (C=O) groups excluding carboxylic acids is 2. The van der Waals surface area contributed by atoms with Crippen molar-refractivity contribution >= 4 is 11.9 Å². The topological polar surface area (TPSA) is 46.6 Å². The van der Waals surface area contributed by atoms with E-state index in [4.69, 9.17) is 4.74 Å². The molecule has 0 aromatic heterocycles. The van der Waals surface area contributed by atoms with Crippen molar-refractivity contribution in [3.63, 3.8) is 0 Å². The molecule has 1 aromatic rings. The molecule has 1 amide bonds. The van der Waals surface area contributed by atoms with Gasteiger partial charge in [-0.25, -0.2) is 0 Å². The number of nitrogens with zero attached hydrogens (tertiary/aromatic N) is 1. The van der Waals surface area contributed by atoms with Crippen molar-refractivity contribution in [3.8, 4) is 0 Å². The Morgan fingerprint density at radius 1 is 0.962 bits per heavy atom. The molecule has 0 atom stereocenters. The third-order valence-corrected chi connectivity index (χ3v) is 5.13. The molecule has 1 fully saturated rings. The van der Waals surface area contributed by atoms with E-state index in [9.17, 15) is 9.59 Å². The lowest BCUT2D eigenvalue weighted by Crippen LogP contribution is -2.40. The third kappa shape index (κ3) is 6.81. The molecule has 26 heavy (non-hydrogen) atoms. The van der Waals surface area contributed by atoms with Gasteiger partial charge in [0.15, 0.2) is 0 Å². The summed E-state index contributed by atoms with van der Waals surface area (Å²) >= 11 is 0. The Balaban J connectivity index is 1.59. The summed E-state index contributed by atoms with van der Waals surface area (Å²) in [5.41, 5.74) is 0.715. The van der Waals surface area contributed by atoms with Gasteiger partial charge in [0.1, 0.15) is 0 Å². The monoisotopic (exact) mass is 359 g/mol. The van der Waals surface area contributed by atoms with E-state index in [-0.39, 0.29) is 17.8 Å². The van der Waals surface area contributed by atoms with Gasteiger partial charge >= 0.3 is 5.97 Å². The Bertz CT molecular complexity index is 536. The van der Waals surface area contributed by atoms with Crippen LogP contribution in [0.2, 0.25) is 0 Å². The van der Waals surface area contributed by atoms with Gasteiger partial charge in [-0.1, -0.05) is 63.6 Å². The predicted octanol–water partition coefficient (Wildman–Crippen LogP) is 4.83. The van der Waals surface area contributed by atoms with E-state index >= 15 is 0 Å². The highest BCUT2D eigenvalue weighted by Gasteiger charge is 2.28. The van der Waals surface area contributed by atoms with Crippen molar-refractivity contribution in [2.75, 3.05) is 19.7 Å². The van der Waals surface area contributed by atoms with E-state index in [1.165, 1.54) is 32.1 Å². The third-order valence-electron chi connectivity index (χ3n) is 5.13. The summed E-state index contributed by atoms with van der Waals surface area (Å²) in [5, 5.41) is 0. The van der Waals surface area contributed by atoms with Crippen LogP contribution in [0.4, 0.5) is 0 Å². The SMILES string of the molecule is CCCCCCCCCOC(=O)C1CCN(C(=O)c2ccccc2)CC1. The van der Waals surface area contributed by atoms with E-state index in [0.29, 0.717) is 38.1 Å². The number of rotatable bonds is 10. The molecule has 0 radical (unpaired) electrons. The zero-order valence-electron chi connectivity index (χ0n) is 16.1. The quantitative estimate of drug-likeness (QED) is 0.444. The summed E-state index contributed by atoms with van der Waals surface area (Å²) in [6, 6.07) is 9.34. The molecule has 0 aliphatic carbocycles. The fourth-order valence-electron chi connectivity index (χ4n) is 3.43. The van der Waals surface area contributed by atoms with Gasteiger partial charge in [0.25, 0.3) is 5.91 Å². The molecule has 0 N–H and O–H groups in total. The highest BCUT2D eigenvalue weighted by molar-refractivity contribution is 5.94. The van der Waals surface area contributed by atoms with E-state index < -0.39 is 0 Å². The van der Waals surface area contributed by atoms with Gasteiger partial charge in [0, 0.05) is 18.7 Å². The Labute approximate surface area is 157 Å². The average Bonchev–Trinajstić information content (AvgIpc) is 2.70. The maximum Gasteiger partial charge on any atom is 0.309 e. The molecule has 0 bridgehead atoms. The smallest absolute Gasteiger partial charge is 0.309 e.